The van der Waals surface area contributed by atoms with Crippen molar-refractivity contribution in [1.29, 1.82) is 0 Å². The van der Waals surface area contributed by atoms with Crippen LogP contribution < -0.4 is 9.80 Å². The summed E-state index contributed by atoms with van der Waals surface area (Å²) >= 11 is 1.73. The van der Waals surface area contributed by atoms with Crippen molar-refractivity contribution in [3.8, 4) is 0 Å². The molecule has 3 aromatic heterocycles. The van der Waals surface area contributed by atoms with Gasteiger partial charge >= 0.3 is 0 Å². The maximum Gasteiger partial charge on any atom is 0.188 e. The molecule has 2 fully saturated rings. The second-order valence-corrected chi connectivity index (χ2v) is 9.01. The van der Waals surface area contributed by atoms with Gasteiger partial charge in [0.1, 0.15) is 5.82 Å². The Morgan fingerprint density at radius 2 is 1.77 bits per heavy atom. The number of ether oxygens (including phenoxy) is 1. The van der Waals surface area contributed by atoms with Gasteiger partial charge in [-0.3, -0.25) is 5.10 Å². The molecule has 0 bridgehead atoms. The van der Waals surface area contributed by atoms with Gasteiger partial charge in [0.05, 0.1) is 29.1 Å². The van der Waals surface area contributed by atoms with E-state index in [1.54, 1.807) is 11.3 Å². The molecule has 7 nitrogen and oxygen atoms in total. The fourth-order valence-electron chi connectivity index (χ4n) is 4.54. The van der Waals surface area contributed by atoms with E-state index < -0.39 is 0 Å². The number of rotatable bonds is 3. The van der Waals surface area contributed by atoms with E-state index in [1.165, 1.54) is 11.1 Å². The van der Waals surface area contributed by atoms with Gasteiger partial charge in [0.2, 0.25) is 0 Å². The van der Waals surface area contributed by atoms with Crippen molar-refractivity contribution in [3.05, 3.63) is 42.1 Å². The lowest BCUT2D eigenvalue weighted by Crippen LogP contribution is -2.36. The second-order valence-electron chi connectivity index (χ2n) is 8.00. The molecular weight excluding hydrogens is 396 g/mol. The van der Waals surface area contributed by atoms with Gasteiger partial charge in [0, 0.05) is 37.5 Å². The summed E-state index contributed by atoms with van der Waals surface area (Å²) in [6, 6.07) is 12.7. The molecule has 0 atom stereocenters. The fourth-order valence-corrected chi connectivity index (χ4v) is 5.50. The van der Waals surface area contributed by atoms with Crippen molar-refractivity contribution in [1.82, 2.24) is 20.2 Å². The first-order chi connectivity index (χ1) is 14.8. The number of H-pyrrole nitrogens is 1. The molecule has 0 spiro atoms. The lowest BCUT2D eigenvalue weighted by molar-refractivity contribution is 0.122. The molecule has 1 N–H and O–H groups in total. The Morgan fingerprint density at radius 1 is 0.933 bits per heavy atom. The number of thiazole rings is 1. The highest BCUT2D eigenvalue weighted by Gasteiger charge is 2.25. The Bertz CT molecular complexity index is 1170. The highest BCUT2D eigenvalue weighted by Crippen LogP contribution is 2.34. The average Bonchev–Trinajstić information content (AvgIpc) is 3.44. The molecule has 2 aliphatic rings. The van der Waals surface area contributed by atoms with Gasteiger partial charge in [0.15, 0.2) is 10.8 Å². The maximum absolute atomic E-state index is 5.46. The Labute approximate surface area is 178 Å². The van der Waals surface area contributed by atoms with Gasteiger partial charge in [-0.1, -0.05) is 29.5 Å². The van der Waals surface area contributed by atoms with E-state index in [9.17, 15) is 0 Å². The van der Waals surface area contributed by atoms with E-state index in [0.29, 0.717) is 5.92 Å². The molecule has 30 heavy (non-hydrogen) atoms. The molecule has 2 aliphatic heterocycles. The summed E-state index contributed by atoms with van der Waals surface area (Å²) in [6.45, 7) is 5.34. The summed E-state index contributed by atoms with van der Waals surface area (Å²) in [7, 11) is 0. The SMILES string of the molecule is c1ccc2c(C3CCN(c4ccc5sc(N6CCOCC6)nc5n4)CC3)n[nH]c2c1. The minimum Gasteiger partial charge on any atom is -0.378 e. The molecule has 6 rings (SSSR count). The van der Waals surface area contributed by atoms with Crippen LogP contribution in [-0.4, -0.2) is 59.6 Å². The van der Waals surface area contributed by atoms with Gasteiger partial charge in [-0.25, -0.2) is 4.98 Å². The van der Waals surface area contributed by atoms with Crippen molar-refractivity contribution in [2.45, 2.75) is 18.8 Å². The average molecular weight is 421 g/mol. The van der Waals surface area contributed by atoms with Crippen LogP contribution in [0.25, 0.3) is 21.3 Å². The zero-order chi connectivity index (χ0) is 19.9. The van der Waals surface area contributed by atoms with E-state index >= 15 is 0 Å². The molecule has 4 aromatic rings. The largest absolute Gasteiger partial charge is 0.378 e. The minimum atomic E-state index is 0.494. The number of piperidine rings is 1. The topological polar surface area (TPSA) is 70.2 Å². The standard InChI is InChI=1S/C22H24N6OS/c1-2-4-17-16(3-1)20(26-25-17)15-7-9-27(10-8-15)19-6-5-18-21(23-19)24-22(30-18)28-11-13-29-14-12-28/h1-6,15H,7-14H2,(H,25,26). The third kappa shape index (κ3) is 3.20. The van der Waals surface area contributed by atoms with Gasteiger partial charge < -0.3 is 14.5 Å². The predicted octanol–water partition coefficient (Wildman–Crippen LogP) is 3.79. The van der Waals surface area contributed by atoms with E-state index in [4.69, 9.17) is 14.7 Å². The third-order valence-electron chi connectivity index (χ3n) is 6.21. The number of morpholine rings is 1. The summed E-state index contributed by atoms with van der Waals surface area (Å²) in [5, 5.41) is 10.1. The number of nitrogens with zero attached hydrogens (tertiary/aromatic N) is 5. The molecule has 8 heteroatoms. The molecule has 154 valence electrons. The van der Waals surface area contributed by atoms with Crippen molar-refractivity contribution in [2.75, 3.05) is 49.2 Å². The molecule has 0 aliphatic carbocycles. The Balaban J connectivity index is 1.19. The first-order valence-corrected chi connectivity index (χ1v) is 11.4. The molecule has 0 amide bonds. The van der Waals surface area contributed by atoms with Crippen LogP contribution in [0.2, 0.25) is 0 Å². The molecule has 0 unspecified atom stereocenters. The number of aromatic amines is 1. The summed E-state index contributed by atoms with van der Waals surface area (Å²) < 4.78 is 6.61. The Kier molecular flexibility index (Phi) is 4.53. The smallest absolute Gasteiger partial charge is 0.188 e. The zero-order valence-electron chi connectivity index (χ0n) is 16.8. The first-order valence-electron chi connectivity index (χ1n) is 10.6. The Hall–Kier alpha value is -2.71. The van der Waals surface area contributed by atoms with E-state index in [-0.39, 0.29) is 0 Å². The Morgan fingerprint density at radius 3 is 2.63 bits per heavy atom. The van der Waals surface area contributed by atoms with Gasteiger partial charge in [-0.15, -0.1) is 0 Å². The fraction of sp³-hybridized carbons (Fsp3) is 0.409. The molecule has 0 saturated carbocycles. The quantitative estimate of drug-likeness (QED) is 0.544. The number of anilines is 2. The minimum absolute atomic E-state index is 0.494. The summed E-state index contributed by atoms with van der Waals surface area (Å²) in [5.41, 5.74) is 3.20. The predicted molar refractivity (Wildman–Crippen MR) is 121 cm³/mol. The molecule has 1 aromatic carbocycles. The number of aromatic nitrogens is 4. The number of pyridine rings is 1. The number of nitrogens with one attached hydrogen (secondary N) is 1. The number of para-hydroxylation sites is 1. The highest BCUT2D eigenvalue weighted by atomic mass is 32.1. The van der Waals surface area contributed by atoms with Crippen LogP contribution in [0.1, 0.15) is 24.5 Å². The summed E-state index contributed by atoms with van der Waals surface area (Å²) in [6.07, 6.45) is 2.18. The van der Waals surface area contributed by atoms with E-state index in [0.717, 1.165) is 79.0 Å². The van der Waals surface area contributed by atoms with Crippen LogP contribution in [0.3, 0.4) is 0 Å². The van der Waals surface area contributed by atoms with Crippen LogP contribution in [0, 0.1) is 0 Å². The van der Waals surface area contributed by atoms with Crippen molar-refractivity contribution in [3.63, 3.8) is 0 Å². The van der Waals surface area contributed by atoms with Crippen LogP contribution in [-0.2, 0) is 4.74 Å². The van der Waals surface area contributed by atoms with Crippen molar-refractivity contribution < 1.29 is 4.74 Å². The number of fused-ring (bicyclic) bond motifs is 2. The normalized spacial score (nSPS) is 18.5. The van der Waals surface area contributed by atoms with E-state index in [2.05, 4.69) is 56.4 Å². The number of hydrogen-bond acceptors (Lipinski definition) is 7. The third-order valence-corrected chi connectivity index (χ3v) is 7.29. The van der Waals surface area contributed by atoms with Crippen molar-refractivity contribution >= 4 is 43.5 Å². The summed E-state index contributed by atoms with van der Waals surface area (Å²) in [5.74, 6) is 1.53. The van der Waals surface area contributed by atoms with Crippen molar-refractivity contribution in [2.24, 2.45) is 0 Å². The van der Waals surface area contributed by atoms with Crippen LogP contribution >= 0.6 is 11.3 Å². The summed E-state index contributed by atoms with van der Waals surface area (Å²) in [4.78, 5) is 14.4. The molecular formula is C22H24N6OS. The lowest BCUT2D eigenvalue weighted by atomic mass is 9.91. The van der Waals surface area contributed by atoms with E-state index in [1.807, 2.05) is 0 Å². The molecule has 2 saturated heterocycles. The van der Waals surface area contributed by atoms with Crippen LogP contribution in [0.15, 0.2) is 36.4 Å². The lowest BCUT2D eigenvalue weighted by Gasteiger charge is -2.32. The maximum atomic E-state index is 5.46. The number of hydrogen-bond donors (Lipinski definition) is 1. The highest BCUT2D eigenvalue weighted by molar-refractivity contribution is 7.22. The monoisotopic (exact) mass is 420 g/mol. The molecule has 5 heterocycles. The number of benzene rings is 1. The second kappa shape index (κ2) is 7.52. The zero-order valence-corrected chi connectivity index (χ0v) is 17.6. The van der Waals surface area contributed by atoms with Crippen LogP contribution in [0.4, 0.5) is 10.9 Å². The molecule has 0 radical (unpaired) electrons. The first kappa shape index (κ1) is 18.1. The van der Waals surface area contributed by atoms with Gasteiger partial charge in [-0.2, -0.15) is 10.1 Å². The van der Waals surface area contributed by atoms with Gasteiger partial charge in [0.25, 0.3) is 0 Å². The van der Waals surface area contributed by atoms with Gasteiger partial charge in [-0.05, 0) is 31.0 Å². The van der Waals surface area contributed by atoms with Crippen LogP contribution in [0.5, 0.6) is 0 Å².